The van der Waals surface area contributed by atoms with Crippen LogP contribution in [-0.2, 0) is 0 Å². The molecule has 32 heavy (non-hydrogen) atoms. The summed E-state index contributed by atoms with van der Waals surface area (Å²) in [6.45, 7) is 0. The molecule has 0 amide bonds. The summed E-state index contributed by atoms with van der Waals surface area (Å²) >= 11 is 0. The van der Waals surface area contributed by atoms with Crippen molar-refractivity contribution in [3.05, 3.63) is 96.2 Å². The number of ketones is 1. The van der Waals surface area contributed by atoms with Gasteiger partial charge in [0.25, 0.3) is 0 Å². The molecule has 0 spiro atoms. The first kappa shape index (κ1) is 19.4. The molecule has 1 aliphatic heterocycles. The third-order valence-corrected chi connectivity index (χ3v) is 5.28. The number of hydrogen-bond acceptors (Lipinski definition) is 5. The minimum atomic E-state index is -0.987. The zero-order valence-electron chi connectivity index (χ0n) is 16.8. The fourth-order valence-corrected chi connectivity index (χ4v) is 3.67. The second-order valence-corrected chi connectivity index (χ2v) is 7.36. The van der Waals surface area contributed by atoms with E-state index in [4.69, 9.17) is 4.74 Å². The molecule has 158 valence electrons. The smallest absolute Gasteiger partial charge is 0.335 e. The molecule has 4 aromatic rings. The Morgan fingerprint density at radius 3 is 2.22 bits per heavy atom. The predicted octanol–water partition coefficient (Wildman–Crippen LogP) is 5.22. The average molecular weight is 425 g/mol. The molecule has 0 atom stereocenters. The lowest BCUT2D eigenvalue weighted by Crippen LogP contribution is -2.32. The van der Waals surface area contributed by atoms with Gasteiger partial charge in [-0.25, -0.2) is 4.79 Å². The van der Waals surface area contributed by atoms with Crippen molar-refractivity contribution in [1.82, 2.24) is 4.98 Å². The normalized spacial score (nSPS) is 12.5. The zero-order valence-corrected chi connectivity index (χ0v) is 16.8. The molecule has 7 heteroatoms. The summed E-state index contributed by atoms with van der Waals surface area (Å²) in [5.41, 5.74) is 4.02. The van der Waals surface area contributed by atoms with E-state index >= 15 is 0 Å². The van der Waals surface area contributed by atoms with Crippen molar-refractivity contribution in [2.75, 3.05) is 10.6 Å². The SMILES string of the molecule is O=C(O)c1cccc(-c2cc[nH]c2Oc2ccc(C(=O)C3Nc4ccccc4N3)cc2)c1. The molecule has 5 rings (SSSR count). The number of nitrogens with one attached hydrogen (secondary N) is 3. The summed E-state index contributed by atoms with van der Waals surface area (Å²) in [7, 11) is 0. The molecule has 0 saturated heterocycles. The summed E-state index contributed by atoms with van der Waals surface area (Å²) in [4.78, 5) is 27.2. The van der Waals surface area contributed by atoms with Crippen molar-refractivity contribution >= 4 is 23.1 Å². The lowest BCUT2D eigenvalue weighted by atomic mass is 10.1. The fraction of sp³-hybridized carbons (Fsp3) is 0.0400. The van der Waals surface area contributed by atoms with Crippen LogP contribution < -0.4 is 15.4 Å². The van der Waals surface area contributed by atoms with Crippen LogP contribution in [0.15, 0.2) is 85.1 Å². The van der Waals surface area contributed by atoms with Gasteiger partial charge < -0.3 is 25.5 Å². The third-order valence-electron chi connectivity index (χ3n) is 5.28. The van der Waals surface area contributed by atoms with Gasteiger partial charge in [-0.1, -0.05) is 24.3 Å². The Morgan fingerprint density at radius 2 is 1.53 bits per heavy atom. The molecule has 0 fully saturated rings. The number of fused-ring (bicyclic) bond motifs is 1. The molecule has 0 radical (unpaired) electrons. The van der Waals surface area contributed by atoms with Gasteiger partial charge in [0.05, 0.1) is 16.9 Å². The Hall–Kier alpha value is -4.52. The monoisotopic (exact) mass is 425 g/mol. The maximum atomic E-state index is 12.8. The Kier molecular flexibility index (Phi) is 4.84. The highest BCUT2D eigenvalue weighted by atomic mass is 16.5. The number of Topliss-reactive ketones (excluding diaryl/α,β-unsaturated/α-hetero) is 1. The number of benzene rings is 3. The number of carbonyl (C=O) groups is 2. The molecule has 2 heterocycles. The molecule has 4 N–H and O–H groups in total. The van der Waals surface area contributed by atoms with Crippen LogP contribution in [0.1, 0.15) is 20.7 Å². The summed E-state index contributed by atoms with van der Waals surface area (Å²) in [6, 6.07) is 23.1. The average Bonchev–Trinajstić information content (AvgIpc) is 3.46. The van der Waals surface area contributed by atoms with Crippen LogP contribution in [0.4, 0.5) is 11.4 Å². The van der Waals surface area contributed by atoms with Gasteiger partial charge in [-0.2, -0.15) is 0 Å². The molecule has 0 unspecified atom stereocenters. The number of H-pyrrole nitrogens is 1. The van der Waals surface area contributed by atoms with Crippen LogP contribution in [-0.4, -0.2) is 28.0 Å². The lowest BCUT2D eigenvalue weighted by Gasteiger charge is -2.12. The number of ether oxygens (including phenoxy) is 1. The second kappa shape index (κ2) is 7.96. The van der Waals surface area contributed by atoms with Gasteiger partial charge in [0.15, 0.2) is 6.17 Å². The lowest BCUT2D eigenvalue weighted by molar-refractivity contribution is 0.0696. The molecule has 0 aliphatic carbocycles. The summed E-state index contributed by atoms with van der Waals surface area (Å²) in [6.07, 6.45) is 1.21. The van der Waals surface area contributed by atoms with E-state index in [2.05, 4.69) is 15.6 Å². The van der Waals surface area contributed by atoms with E-state index in [-0.39, 0.29) is 11.3 Å². The van der Waals surface area contributed by atoms with Gasteiger partial charge in [0, 0.05) is 17.3 Å². The maximum absolute atomic E-state index is 12.8. The van der Waals surface area contributed by atoms with Gasteiger partial charge in [0.1, 0.15) is 5.75 Å². The predicted molar refractivity (Wildman–Crippen MR) is 122 cm³/mol. The first-order valence-electron chi connectivity index (χ1n) is 10.0. The molecule has 7 nitrogen and oxygen atoms in total. The van der Waals surface area contributed by atoms with Crippen LogP contribution in [0.2, 0.25) is 0 Å². The van der Waals surface area contributed by atoms with Crippen LogP contribution >= 0.6 is 0 Å². The van der Waals surface area contributed by atoms with E-state index in [0.717, 1.165) is 22.5 Å². The molecular weight excluding hydrogens is 406 g/mol. The molecule has 1 aliphatic rings. The Morgan fingerprint density at radius 1 is 0.812 bits per heavy atom. The topological polar surface area (TPSA) is 103 Å². The van der Waals surface area contributed by atoms with Gasteiger partial charge in [-0.3, -0.25) is 4.79 Å². The fourth-order valence-electron chi connectivity index (χ4n) is 3.67. The van der Waals surface area contributed by atoms with Crippen molar-refractivity contribution in [3.63, 3.8) is 0 Å². The van der Waals surface area contributed by atoms with Gasteiger partial charge in [-0.15, -0.1) is 0 Å². The quantitative estimate of drug-likeness (QED) is 0.316. The summed E-state index contributed by atoms with van der Waals surface area (Å²) in [5, 5.41) is 15.6. The van der Waals surface area contributed by atoms with Crippen molar-refractivity contribution < 1.29 is 19.4 Å². The molecule has 0 saturated carbocycles. The number of para-hydroxylation sites is 2. The number of carboxylic acids is 1. The highest BCUT2D eigenvalue weighted by molar-refractivity contribution is 6.05. The maximum Gasteiger partial charge on any atom is 0.335 e. The van der Waals surface area contributed by atoms with Crippen LogP contribution in [0.25, 0.3) is 11.1 Å². The van der Waals surface area contributed by atoms with E-state index < -0.39 is 12.1 Å². The number of aromatic nitrogens is 1. The molecular formula is C25H19N3O4. The largest absolute Gasteiger partial charge is 0.478 e. The van der Waals surface area contributed by atoms with Crippen LogP contribution in [0.5, 0.6) is 11.6 Å². The minimum Gasteiger partial charge on any atom is -0.478 e. The van der Waals surface area contributed by atoms with Crippen LogP contribution in [0.3, 0.4) is 0 Å². The molecule has 3 aromatic carbocycles. The van der Waals surface area contributed by atoms with Gasteiger partial charge in [-0.05, 0) is 60.2 Å². The van der Waals surface area contributed by atoms with Crippen molar-refractivity contribution in [2.24, 2.45) is 0 Å². The summed E-state index contributed by atoms with van der Waals surface area (Å²) in [5.74, 6) is -0.0188. The molecule has 0 bridgehead atoms. The van der Waals surface area contributed by atoms with Gasteiger partial charge >= 0.3 is 5.97 Å². The Balaban J connectivity index is 1.31. The summed E-state index contributed by atoms with van der Waals surface area (Å²) < 4.78 is 5.97. The molecule has 1 aromatic heterocycles. The highest BCUT2D eigenvalue weighted by Crippen LogP contribution is 2.33. The van der Waals surface area contributed by atoms with Crippen molar-refractivity contribution in [1.29, 1.82) is 0 Å². The number of carbonyl (C=O) groups excluding carboxylic acids is 1. The van der Waals surface area contributed by atoms with E-state index in [1.54, 1.807) is 48.7 Å². The van der Waals surface area contributed by atoms with E-state index in [0.29, 0.717) is 17.2 Å². The first-order valence-corrected chi connectivity index (χ1v) is 10.0. The number of rotatable bonds is 6. The van der Waals surface area contributed by atoms with Crippen LogP contribution in [0, 0.1) is 0 Å². The number of aromatic amines is 1. The number of carboxylic acid groups (broad SMARTS) is 1. The Labute approximate surface area is 183 Å². The zero-order chi connectivity index (χ0) is 22.1. The standard InChI is InChI=1S/C25H19N3O4/c29-22(23-27-20-6-1-2-7-21(20)28-23)15-8-10-18(11-9-15)32-24-19(12-13-26-24)16-4-3-5-17(14-16)25(30)31/h1-14,23,26-28H,(H,30,31). The number of aromatic carboxylic acids is 1. The first-order chi connectivity index (χ1) is 15.6. The van der Waals surface area contributed by atoms with Crippen molar-refractivity contribution in [2.45, 2.75) is 6.17 Å². The second-order valence-electron chi connectivity index (χ2n) is 7.36. The van der Waals surface area contributed by atoms with E-state index in [1.807, 2.05) is 36.4 Å². The minimum absolute atomic E-state index is 0.0706. The highest BCUT2D eigenvalue weighted by Gasteiger charge is 2.26. The number of hydrogen-bond donors (Lipinski definition) is 4. The van der Waals surface area contributed by atoms with Crippen molar-refractivity contribution in [3.8, 4) is 22.8 Å². The number of anilines is 2. The van der Waals surface area contributed by atoms with Gasteiger partial charge in [0.2, 0.25) is 11.7 Å². The Bertz CT molecular complexity index is 1290. The van der Waals surface area contributed by atoms with E-state index in [9.17, 15) is 14.7 Å². The third kappa shape index (κ3) is 3.67. The van der Waals surface area contributed by atoms with E-state index in [1.165, 1.54) is 0 Å².